The van der Waals surface area contributed by atoms with Crippen LogP contribution in [0.2, 0.25) is 0 Å². The van der Waals surface area contributed by atoms with Gasteiger partial charge in [0.1, 0.15) is 11.4 Å². The molecule has 0 bridgehead atoms. The molecule has 7 heteroatoms. The van der Waals surface area contributed by atoms with Crippen molar-refractivity contribution in [3.05, 3.63) is 61.1 Å². The summed E-state index contributed by atoms with van der Waals surface area (Å²) < 4.78 is 2.81. The minimum absolute atomic E-state index is 0.0396. The highest BCUT2D eigenvalue weighted by Gasteiger charge is 2.25. The summed E-state index contributed by atoms with van der Waals surface area (Å²) in [6, 6.07) is 7.57. The summed E-state index contributed by atoms with van der Waals surface area (Å²) in [7, 11) is 0. The van der Waals surface area contributed by atoms with E-state index in [1.54, 1.807) is 4.57 Å². The van der Waals surface area contributed by atoms with Crippen LogP contribution in [0.4, 0.5) is 0 Å². The standard InChI is InChI=1S/C26H33N3O3S/c1-4-15-27(16-5-2)22(30)17-28-25-23(20-9-7-8-10-21(20)33-25)24(31)29(26(28)32)19-13-11-18(6-3)12-14-19/h11-14H,4-10,15-17H2,1-3H3. The van der Waals surface area contributed by atoms with Crippen LogP contribution in [0.5, 0.6) is 0 Å². The molecule has 2 heterocycles. The van der Waals surface area contributed by atoms with Crippen molar-refractivity contribution < 1.29 is 4.79 Å². The highest BCUT2D eigenvalue weighted by molar-refractivity contribution is 7.18. The van der Waals surface area contributed by atoms with Crippen molar-refractivity contribution in [2.45, 2.75) is 72.3 Å². The van der Waals surface area contributed by atoms with Crippen molar-refractivity contribution in [2.75, 3.05) is 13.1 Å². The Hall–Kier alpha value is -2.67. The zero-order valence-corrected chi connectivity index (χ0v) is 20.7. The number of thiophene rings is 1. The molecule has 0 saturated heterocycles. The Morgan fingerprint density at radius 2 is 1.67 bits per heavy atom. The van der Waals surface area contributed by atoms with E-state index in [-0.39, 0.29) is 18.0 Å². The fraction of sp³-hybridized carbons (Fsp3) is 0.500. The summed E-state index contributed by atoms with van der Waals surface area (Å²) in [5.41, 5.74) is 2.08. The number of hydrogen-bond donors (Lipinski definition) is 0. The molecule has 176 valence electrons. The van der Waals surface area contributed by atoms with Gasteiger partial charge in [-0.05, 0) is 68.2 Å². The maximum Gasteiger partial charge on any atom is 0.337 e. The lowest BCUT2D eigenvalue weighted by Gasteiger charge is -2.22. The molecular weight excluding hydrogens is 434 g/mol. The third kappa shape index (κ3) is 4.43. The van der Waals surface area contributed by atoms with E-state index in [9.17, 15) is 14.4 Å². The molecule has 0 saturated carbocycles. The number of aryl methyl sites for hydroxylation is 3. The SMILES string of the molecule is CCCN(CCC)C(=O)Cn1c(=O)n(-c2ccc(CC)cc2)c(=O)c2c3c(sc21)CCCC3. The zero-order valence-electron chi connectivity index (χ0n) is 19.9. The number of carbonyl (C=O) groups excluding carboxylic acids is 1. The van der Waals surface area contributed by atoms with E-state index < -0.39 is 5.69 Å². The number of amides is 1. The van der Waals surface area contributed by atoms with Gasteiger partial charge >= 0.3 is 5.69 Å². The van der Waals surface area contributed by atoms with E-state index in [1.165, 1.54) is 20.8 Å². The van der Waals surface area contributed by atoms with Crippen LogP contribution in [0.3, 0.4) is 0 Å². The molecule has 0 unspecified atom stereocenters. The number of hydrogen-bond acceptors (Lipinski definition) is 4. The van der Waals surface area contributed by atoms with Gasteiger partial charge in [-0.1, -0.05) is 32.9 Å². The van der Waals surface area contributed by atoms with Gasteiger partial charge < -0.3 is 4.90 Å². The van der Waals surface area contributed by atoms with Crippen LogP contribution in [-0.2, 0) is 30.6 Å². The first-order valence-electron chi connectivity index (χ1n) is 12.2. The first-order valence-corrected chi connectivity index (χ1v) is 13.0. The van der Waals surface area contributed by atoms with Crippen LogP contribution in [0.1, 0.15) is 62.5 Å². The number of nitrogens with zero attached hydrogens (tertiary/aromatic N) is 3. The van der Waals surface area contributed by atoms with Crippen LogP contribution in [0.25, 0.3) is 15.9 Å². The monoisotopic (exact) mass is 467 g/mol. The smallest absolute Gasteiger partial charge is 0.337 e. The molecule has 6 nitrogen and oxygen atoms in total. The van der Waals surface area contributed by atoms with Crippen LogP contribution >= 0.6 is 11.3 Å². The fourth-order valence-electron chi connectivity index (χ4n) is 4.75. The van der Waals surface area contributed by atoms with Gasteiger partial charge in [0.2, 0.25) is 5.91 Å². The molecule has 1 aromatic carbocycles. The Morgan fingerprint density at radius 3 is 2.30 bits per heavy atom. The Balaban J connectivity index is 1.92. The van der Waals surface area contributed by atoms with E-state index in [2.05, 4.69) is 6.92 Å². The molecule has 0 fully saturated rings. The number of fused-ring (bicyclic) bond motifs is 3. The van der Waals surface area contributed by atoms with E-state index >= 15 is 0 Å². The van der Waals surface area contributed by atoms with Gasteiger partial charge in [-0.2, -0.15) is 0 Å². The number of benzene rings is 1. The molecule has 4 rings (SSSR count). The Morgan fingerprint density at radius 1 is 1.00 bits per heavy atom. The van der Waals surface area contributed by atoms with Crippen molar-refractivity contribution >= 4 is 27.5 Å². The molecule has 2 aromatic heterocycles. The van der Waals surface area contributed by atoms with Crippen molar-refractivity contribution in [2.24, 2.45) is 0 Å². The maximum absolute atomic E-state index is 13.7. The lowest BCUT2D eigenvalue weighted by molar-refractivity contribution is -0.131. The van der Waals surface area contributed by atoms with Gasteiger partial charge in [-0.3, -0.25) is 14.2 Å². The summed E-state index contributed by atoms with van der Waals surface area (Å²) in [6.07, 6.45) is 6.54. The number of carbonyl (C=O) groups is 1. The fourth-order valence-corrected chi connectivity index (χ4v) is 6.13. The average Bonchev–Trinajstić information content (AvgIpc) is 3.22. The Bertz CT molecular complexity index is 1260. The highest BCUT2D eigenvalue weighted by atomic mass is 32.1. The quantitative estimate of drug-likeness (QED) is 0.496. The zero-order chi connectivity index (χ0) is 23.5. The van der Waals surface area contributed by atoms with E-state index in [4.69, 9.17) is 0 Å². The van der Waals surface area contributed by atoms with Gasteiger partial charge in [-0.15, -0.1) is 11.3 Å². The topological polar surface area (TPSA) is 64.3 Å². The van der Waals surface area contributed by atoms with E-state index in [0.717, 1.165) is 56.1 Å². The third-order valence-corrected chi connectivity index (χ3v) is 7.79. The highest BCUT2D eigenvalue weighted by Crippen LogP contribution is 2.34. The molecule has 1 aliphatic carbocycles. The third-order valence-electron chi connectivity index (χ3n) is 6.47. The summed E-state index contributed by atoms with van der Waals surface area (Å²) in [5.74, 6) is -0.0694. The molecule has 1 aliphatic rings. The van der Waals surface area contributed by atoms with Crippen LogP contribution in [0.15, 0.2) is 33.9 Å². The van der Waals surface area contributed by atoms with Crippen LogP contribution < -0.4 is 11.2 Å². The van der Waals surface area contributed by atoms with Crippen molar-refractivity contribution in [1.82, 2.24) is 14.0 Å². The summed E-state index contributed by atoms with van der Waals surface area (Å²) in [4.78, 5) is 44.3. The molecular formula is C26H33N3O3S. The minimum atomic E-state index is -0.434. The first kappa shape index (κ1) is 23.5. The minimum Gasteiger partial charge on any atom is -0.341 e. The van der Waals surface area contributed by atoms with Crippen molar-refractivity contribution in [1.29, 1.82) is 0 Å². The number of aromatic nitrogens is 2. The molecule has 33 heavy (non-hydrogen) atoms. The Labute approximate surface area is 198 Å². The molecule has 0 aliphatic heterocycles. The molecule has 3 aromatic rings. The Kier molecular flexibility index (Phi) is 7.17. The van der Waals surface area contributed by atoms with Gasteiger partial charge in [0, 0.05) is 18.0 Å². The summed E-state index contributed by atoms with van der Waals surface area (Å²) >= 11 is 1.52. The average molecular weight is 468 g/mol. The van der Waals surface area contributed by atoms with Crippen LogP contribution in [-0.4, -0.2) is 33.0 Å². The second kappa shape index (κ2) is 10.1. The second-order valence-corrected chi connectivity index (χ2v) is 9.88. The molecule has 0 spiro atoms. The first-order chi connectivity index (χ1) is 16.0. The lowest BCUT2D eigenvalue weighted by atomic mass is 9.97. The van der Waals surface area contributed by atoms with Crippen molar-refractivity contribution in [3.8, 4) is 5.69 Å². The van der Waals surface area contributed by atoms with Crippen molar-refractivity contribution in [3.63, 3.8) is 0 Å². The molecule has 0 radical (unpaired) electrons. The molecule has 0 N–H and O–H groups in total. The van der Waals surface area contributed by atoms with E-state index in [1.807, 2.05) is 43.0 Å². The second-order valence-electron chi connectivity index (χ2n) is 8.80. The molecule has 0 atom stereocenters. The normalized spacial score (nSPS) is 13.3. The maximum atomic E-state index is 13.7. The van der Waals surface area contributed by atoms with E-state index in [0.29, 0.717) is 29.0 Å². The van der Waals surface area contributed by atoms with Gasteiger partial charge in [0.05, 0.1) is 11.1 Å². The molecule has 1 amide bonds. The van der Waals surface area contributed by atoms with Gasteiger partial charge in [-0.25, -0.2) is 9.36 Å². The van der Waals surface area contributed by atoms with Crippen LogP contribution in [0, 0.1) is 0 Å². The largest absolute Gasteiger partial charge is 0.341 e. The summed E-state index contributed by atoms with van der Waals surface area (Å²) in [5, 5.41) is 0.624. The number of rotatable bonds is 8. The predicted molar refractivity (Wildman–Crippen MR) is 135 cm³/mol. The van der Waals surface area contributed by atoms with Gasteiger partial charge in [0.15, 0.2) is 0 Å². The summed E-state index contributed by atoms with van der Waals surface area (Å²) in [6.45, 7) is 7.47. The van der Waals surface area contributed by atoms with Gasteiger partial charge in [0.25, 0.3) is 5.56 Å². The lowest BCUT2D eigenvalue weighted by Crippen LogP contribution is -2.43. The predicted octanol–water partition coefficient (Wildman–Crippen LogP) is 4.30.